The number of rotatable bonds is 4. The van der Waals surface area contributed by atoms with Crippen LogP contribution in [0.4, 0.5) is 10.7 Å². The molecule has 1 aromatic heterocycles. The highest BCUT2D eigenvalue weighted by molar-refractivity contribution is 7.93. The zero-order valence-electron chi connectivity index (χ0n) is 11.0. The highest BCUT2D eigenvalue weighted by atomic mass is 32.2. The van der Waals surface area contributed by atoms with Gasteiger partial charge in [-0.3, -0.25) is 4.72 Å². The van der Waals surface area contributed by atoms with Gasteiger partial charge in [-0.05, 0) is 54.6 Å². The lowest BCUT2D eigenvalue weighted by molar-refractivity contribution is 0.601. The van der Waals surface area contributed by atoms with E-state index in [9.17, 15) is 8.42 Å². The van der Waals surface area contributed by atoms with Crippen molar-refractivity contribution < 1.29 is 8.42 Å². The first-order chi connectivity index (χ1) is 9.65. The summed E-state index contributed by atoms with van der Waals surface area (Å²) in [6, 6.07) is 10.7. The first-order valence-electron chi connectivity index (χ1n) is 6.56. The number of thiophene rings is 1. The standard InChI is InChI=1S/C14H16N2O2S2/c17-20(18,15-14-4-3-11-19-14)13-7-5-12(6-8-13)16-9-1-2-10-16/h3-8,11,15H,1-2,9-10H2. The van der Waals surface area contributed by atoms with Crippen LogP contribution in [0.3, 0.4) is 0 Å². The van der Waals surface area contributed by atoms with E-state index in [0.717, 1.165) is 18.8 Å². The van der Waals surface area contributed by atoms with Gasteiger partial charge in [0.05, 0.1) is 4.90 Å². The van der Waals surface area contributed by atoms with Gasteiger partial charge in [0.2, 0.25) is 0 Å². The second-order valence-corrected chi connectivity index (χ2v) is 7.40. The van der Waals surface area contributed by atoms with E-state index >= 15 is 0 Å². The number of nitrogens with zero attached hydrogens (tertiary/aromatic N) is 1. The minimum absolute atomic E-state index is 0.300. The van der Waals surface area contributed by atoms with E-state index in [0.29, 0.717) is 9.90 Å². The molecule has 1 aliphatic heterocycles. The Morgan fingerprint density at radius 2 is 1.75 bits per heavy atom. The molecule has 0 amide bonds. The molecule has 4 nitrogen and oxygen atoms in total. The van der Waals surface area contributed by atoms with Crippen molar-refractivity contribution in [1.29, 1.82) is 0 Å². The summed E-state index contributed by atoms with van der Waals surface area (Å²) < 4.78 is 27.0. The Labute approximate surface area is 123 Å². The van der Waals surface area contributed by atoms with E-state index in [1.165, 1.54) is 24.2 Å². The summed E-state index contributed by atoms with van der Waals surface area (Å²) in [5.41, 5.74) is 1.09. The Hall–Kier alpha value is -1.53. The summed E-state index contributed by atoms with van der Waals surface area (Å²) in [6.07, 6.45) is 2.42. The normalized spacial score (nSPS) is 15.5. The van der Waals surface area contributed by atoms with Gasteiger partial charge in [0.1, 0.15) is 5.00 Å². The summed E-state index contributed by atoms with van der Waals surface area (Å²) in [5.74, 6) is 0. The third kappa shape index (κ3) is 2.81. The van der Waals surface area contributed by atoms with E-state index in [1.54, 1.807) is 18.2 Å². The molecular formula is C14H16N2O2S2. The van der Waals surface area contributed by atoms with Crippen LogP contribution in [0.25, 0.3) is 0 Å². The predicted octanol–water partition coefficient (Wildman–Crippen LogP) is 3.15. The van der Waals surface area contributed by atoms with Crippen molar-refractivity contribution in [3.63, 3.8) is 0 Å². The maximum absolute atomic E-state index is 12.2. The van der Waals surface area contributed by atoms with Gasteiger partial charge < -0.3 is 4.90 Å². The lowest BCUT2D eigenvalue weighted by Crippen LogP contribution is -2.18. The Bertz CT molecular complexity index is 658. The molecule has 3 rings (SSSR count). The fourth-order valence-corrected chi connectivity index (χ4v) is 4.27. The van der Waals surface area contributed by atoms with Crippen molar-refractivity contribution in [1.82, 2.24) is 0 Å². The monoisotopic (exact) mass is 308 g/mol. The number of nitrogens with one attached hydrogen (secondary N) is 1. The second kappa shape index (κ2) is 5.46. The molecule has 20 heavy (non-hydrogen) atoms. The molecule has 0 saturated carbocycles. The molecule has 1 N–H and O–H groups in total. The van der Waals surface area contributed by atoms with Gasteiger partial charge in [-0.2, -0.15) is 0 Å². The molecule has 0 atom stereocenters. The summed E-state index contributed by atoms with van der Waals surface area (Å²) in [6.45, 7) is 2.11. The molecule has 0 radical (unpaired) electrons. The third-order valence-corrected chi connectivity index (χ3v) is 5.67. The molecule has 0 bridgehead atoms. The van der Waals surface area contributed by atoms with E-state index < -0.39 is 10.0 Å². The minimum atomic E-state index is -3.48. The molecule has 1 saturated heterocycles. The Balaban J connectivity index is 1.79. The molecule has 1 aliphatic rings. The van der Waals surface area contributed by atoms with Gasteiger partial charge in [0, 0.05) is 18.8 Å². The largest absolute Gasteiger partial charge is 0.372 e. The number of benzene rings is 1. The molecule has 0 aliphatic carbocycles. The van der Waals surface area contributed by atoms with Gasteiger partial charge in [-0.25, -0.2) is 8.42 Å². The highest BCUT2D eigenvalue weighted by Crippen LogP contribution is 2.24. The molecule has 0 unspecified atom stereocenters. The zero-order chi connectivity index (χ0) is 14.0. The van der Waals surface area contributed by atoms with E-state index in [-0.39, 0.29) is 0 Å². The third-order valence-electron chi connectivity index (χ3n) is 3.37. The van der Waals surface area contributed by atoms with Crippen LogP contribution in [0.2, 0.25) is 0 Å². The second-order valence-electron chi connectivity index (χ2n) is 4.77. The summed E-state index contributed by atoms with van der Waals surface area (Å²) in [5, 5.41) is 2.47. The lowest BCUT2D eigenvalue weighted by Gasteiger charge is -2.17. The number of anilines is 2. The van der Waals surface area contributed by atoms with Crippen LogP contribution in [0.1, 0.15) is 12.8 Å². The lowest BCUT2D eigenvalue weighted by atomic mass is 10.3. The topological polar surface area (TPSA) is 49.4 Å². The molecule has 2 heterocycles. The fourth-order valence-electron chi connectivity index (χ4n) is 2.34. The molecular weight excluding hydrogens is 292 g/mol. The first-order valence-corrected chi connectivity index (χ1v) is 8.93. The smallest absolute Gasteiger partial charge is 0.262 e. The van der Waals surface area contributed by atoms with Gasteiger partial charge in [0.25, 0.3) is 10.0 Å². The summed E-state index contributed by atoms with van der Waals surface area (Å²) in [4.78, 5) is 2.58. The van der Waals surface area contributed by atoms with Crippen LogP contribution >= 0.6 is 11.3 Å². The maximum Gasteiger partial charge on any atom is 0.262 e. The van der Waals surface area contributed by atoms with Crippen LogP contribution in [0, 0.1) is 0 Å². The quantitative estimate of drug-likeness (QED) is 0.944. The average molecular weight is 308 g/mol. The Morgan fingerprint density at radius 3 is 2.35 bits per heavy atom. The molecule has 106 valence electrons. The molecule has 1 fully saturated rings. The van der Waals surface area contributed by atoms with Crippen molar-refractivity contribution in [2.45, 2.75) is 17.7 Å². The first kappa shape index (κ1) is 13.5. The van der Waals surface area contributed by atoms with E-state index in [4.69, 9.17) is 0 Å². The van der Waals surface area contributed by atoms with Gasteiger partial charge in [-0.15, -0.1) is 11.3 Å². The number of hydrogen-bond acceptors (Lipinski definition) is 4. The fraction of sp³-hybridized carbons (Fsp3) is 0.286. The molecule has 0 spiro atoms. The van der Waals surface area contributed by atoms with Crippen molar-refractivity contribution in [2.24, 2.45) is 0 Å². The molecule has 2 aromatic rings. The van der Waals surface area contributed by atoms with Crippen molar-refractivity contribution in [3.05, 3.63) is 41.8 Å². The average Bonchev–Trinajstić information content (AvgIpc) is 3.11. The SMILES string of the molecule is O=S(=O)(Nc1cccs1)c1ccc(N2CCCC2)cc1. The van der Waals surface area contributed by atoms with Gasteiger partial charge in [-0.1, -0.05) is 0 Å². The summed E-state index contributed by atoms with van der Waals surface area (Å²) >= 11 is 1.37. The van der Waals surface area contributed by atoms with Crippen LogP contribution in [0.5, 0.6) is 0 Å². The van der Waals surface area contributed by atoms with Gasteiger partial charge >= 0.3 is 0 Å². The van der Waals surface area contributed by atoms with Crippen LogP contribution in [-0.2, 0) is 10.0 Å². The number of sulfonamides is 1. The predicted molar refractivity (Wildman–Crippen MR) is 83.0 cm³/mol. The van der Waals surface area contributed by atoms with Crippen LogP contribution < -0.4 is 9.62 Å². The van der Waals surface area contributed by atoms with E-state index in [2.05, 4.69) is 9.62 Å². The van der Waals surface area contributed by atoms with Gasteiger partial charge in [0.15, 0.2) is 0 Å². The Kier molecular flexibility index (Phi) is 3.67. The van der Waals surface area contributed by atoms with Crippen LogP contribution in [0.15, 0.2) is 46.7 Å². The van der Waals surface area contributed by atoms with Crippen molar-refractivity contribution in [3.8, 4) is 0 Å². The van der Waals surface area contributed by atoms with Crippen molar-refractivity contribution in [2.75, 3.05) is 22.7 Å². The zero-order valence-corrected chi connectivity index (χ0v) is 12.6. The molecule has 6 heteroatoms. The minimum Gasteiger partial charge on any atom is -0.372 e. The molecule has 1 aromatic carbocycles. The maximum atomic E-state index is 12.2. The Morgan fingerprint density at radius 1 is 1.05 bits per heavy atom. The summed E-state index contributed by atoms with van der Waals surface area (Å²) in [7, 11) is -3.48. The van der Waals surface area contributed by atoms with Crippen molar-refractivity contribution >= 4 is 32.0 Å². The van der Waals surface area contributed by atoms with Crippen LogP contribution in [-0.4, -0.2) is 21.5 Å². The number of hydrogen-bond donors (Lipinski definition) is 1. The highest BCUT2D eigenvalue weighted by Gasteiger charge is 2.16. The van der Waals surface area contributed by atoms with E-state index in [1.807, 2.05) is 23.6 Å².